The van der Waals surface area contributed by atoms with E-state index in [0.29, 0.717) is 5.56 Å². The lowest BCUT2D eigenvalue weighted by Gasteiger charge is -2.19. The molecule has 0 saturated heterocycles. The van der Waals surface area contributed by atoms with E-state index in [0.717, 1.165) is 5.69 Å². The van der Waals surface area contributed by atoms with Gasteiger partial charge in [-0.1, -0.05) is 12.1 Å². The lowest BCUT2D eigenvalue weighted by atomic mass is 10.1. The van der Waals surface area contributed by atoms with Gasteiger partial charge in [-0.25, -0.2) is 4.98 Å². The Morgan fingerprint density at radius 2 is 1.94 bits per heavy atom. The van der Waals surface area contributed by atoms with Crippen LogP contribution >= 0.6 is 11.3 Å². The molecule has 0 amide bonds. The maximum absolute atomic E-state index is 8.76. The lowest BCUT2D eigenvalue weighted by molar-refractivity contribution is 0.488. The van der Waals surface area contributed by atoms with Gasteiger partial charge < -0.3 is 5.32 Å². The van der Waals surface area contributed by atoms with Crippen LogP contribution in [0, 0.1) is 11.3 Å². The number of nitrogens with one attached hydrogen (secondary N) is 1. The van der Waals surface area contributed by atoms with E-state index in [9.17, 15) is 0 Å². The van der Waals surface area contributed by atoms with Crippen LogP contribution in [0.3, 0.4) is 0 Å². The highest BCUT2D eigenvalue weighted by Crippen LogP contribution is 2.19. The van der Waals surface area contributed by atoms with Gasteiger partial charge in [-0.2, -0.15) is 5.26 Å². The molecule has 1 N–H and O–H groups in total. The fourth-order valence-corrected chi connectivity index (χ4v) is 2.49. The highest BCUT2D eigenvalue weighted by molar-refractivity contribution is 7.07. The summed E-state index contributed by atoms with van der Waals surface area (Å²) in [7, 11) is 0. The molecular formula is C14H15N3S. The average Bonchev–Trinajstić information content (AvgIpc) is 2.92. The van der Waals surface area contributed by atoms with Crippen LogP contribution in [0.2, 0.25) is 0 Å². The third-order valence-electron chi connectivity index (χ3n) is 2.93. The second-order valence-corrected chi connectivity index (χ2v) is 4.98. The number of thiazole rings is 1. The minimum atomic E-state index is 0.224. The second-order valence-electron chi connectivity index (χ2n) is 4.26. The minimum Gasteiger partial charge on any atom is -0.302 e. The molecule has 2 aromatic rings. The summed E-state index contributed by atoms with van der Waals surface area (Å²) < 4.78 is 0. The van der Waals surface area contributed by atoms with E-state index in [-0.39, 0.29) is 12.1 Å². The molecule has 3 nitrogen and oxygen atoms in total. The van der Waals surface area contributed by atoms with Gasteiger partial charge in [0.1, 0.15) is 0 Å². The number of aromatic nitrogens is 1. The zero-order valence-corrected chi connectivity index (χ0v) is 11.2. The molecule has 1 heterocycles. The largest absolute Gasteiger partial charge is 0.302 e. The molecule has 92 valence electrons. The predicted octanol–water partition coefficient (Wildman–Crippen LogP) is 3.43. The number of benzene rings is 1. The molecule has 2 atom stereocenters. The second kappa shape index (κ2) is 5.76. The number of nitriles is 1. The van der Waals surface area contributed by atoms with Crippen LogP contribution in [0.25, 0.3) is 0 Å². The monoisotopic (exact) mass is 257 g/mol. The van der Waals surface area contributed by atoms with Crippen LogP contribution in [-0.2, 0) is 0 Å². The Bertz CT molecular complexity index is 525. The Morgan fingerprint density at radius 1 is 1.22 bits per heavy atom. The summed E-state index contributed by atoms with van der Waals surface area (Å²) in [6.45, 7) is 4.22. The summed E-state index contributed by atoms with van der Waals surface area (Å²) >= 11 is 1.61. The zero-order valence-electron chi connectivity index (χ0n) is 10.4. The molecular weight excluding hydrogens is 242 g/mol. The first-order valence-electron chi connectivity index (χ1n) is 5.85. The molecule has 1 aromatic heterocycles. The Labute approximate surface area is 111 Å². The molecule has 0 saturated carbocycles. The molecule has 1 aromatic carbocycles. The Morgan fingerprint density at radius 3 is 2.50 bits per heavy atom. The van der Waals surface area contributed by atoms with Crippen molar-refractivity contribution in [3.05, 3.63) is 52.0 Å². The van der Waals surface area contributed by atoms with Gasteiger partial charge >= 0.3 is 0 Å². The van der Waals surface area contributed by atoms with Crippen molar-refractivity contribution < 1.29 is 0 Å². The molecule has 0 spiro atoms. The molecule has 0 aliphatic carbocycles. The van der Waals surface area contributed by atoms with E-state index in [4.69, 9.17) is 5.26 Å². The van der Waals surface area contributed by atoms with Gasteiger partial charge in [0.05, 0.1) is 22.8 Å². The highest BCUT2D eigenvalue weighted by atomic mass is 32.1. The Balaban J connectivity index is 2.03. The maximum Gasteiger partial charge on any atom is 0.0991 e. The van der Waals surface area contributed by atoms with Crippen molar-refractivity contribution in [2.24, 2.45) is 0 Å². The minimum absolute atomic E-state index is 0.224. The first kappa shape index (κ1) is 12.7. The van der Waals surface area contributed by atoms with Gasteiger partial charge in [0.2, 0.25) is 0 Å². The predicted molar refractivity (Wildman–Crippen MR) is 73.2 cm³/mol. The van der Waals surface area contributed by atoms with Crippen LogP contribution in [0.15, 0.2) is 35.2 Å². The first-order chi connectivity index (χ1) is 8.70. The summed E-state index contributed by atoms with van der Waals surface area (Å²) in [5.74, 6) is 0. The van der Waals surface area contributed by atoms with Gasteiger partial charge in [0, 0.05) is 17.5 Å². The molecule has 2 unspecified atom stereocenters. The average molecular weight is 257 g/mol. The fourth-order valence-electron chi connectivity index (χ4n) is 1.84. The number of nitrogens with zero attached hydrogens (tertiary/aromatic N) is 2. The maximum atomic E-state index is 8.76. The molecule has 18 heavy (non-hydrogen) atoms. The third-order valence-corrected chi connectivity index (χ3v) is 3.54. The van der Waals surface area contributed by atoms with Gasteiger partial charge in [-0.3, -0.25) is 0 Å². The molecule has 2 rings (SSSR count). The summed E-state index contributed by atoms with van der Waals surface area (Å²) in [5.41, 5.74) is 4.79. The SMILES string of the molecule is CC(NC(C)c1cscn1)c1ccc(C#N)cc1. The van der Waals surface area contributed by atoms with E-state index in [1.54, 1.807) is 11.3 Å². The van der Waals surface area contributed by atoms with Gasteiger partial charge in [0.25, 0.3) is 0 Å². The van der Waals surface area contributed by atoms with Crippen LogP contribution in [0.1, 0.15) is 42.8 Å². The van der Waals surface area contributed by atoms with Crippen molar-refractivity contribution in [1.29, 1.82) is 5.26 Å². The summed E-state index contributed by atoms with van der Waals surface area (Å²) in [5, 5.41) is 14.3. The number of hydrogen-bond acceptors (Lipinski definition) is 4. The molecule has 0 bridgehead atoms. The molecule has 0 radical (unpaired) electrons. The standard InChI is InChI=1S/C14H15N3S/c1-10(13-5-3-12(7-15)4-6-13)17-11(2)14-8-18-9-16-14/h3-6,8-11,17H,1-2H3. The third kappa shape index (κ3) is 2.95. The summed E-state index contributed by atoms with van der Waals surface area (Å²) in [6.07, 6.45) is 0. The van der Waals surface area contributed by atoms with Crippen molar-refractivity contribution in [2.45, 2.75) is 25.9 Å². The van der Waals surface area contributed by atoms with Crippen molar-refractivity contribution >= 4 is 11.3 Å². The molecule has 0 fully saturated rings. The normalized spacial score (nSPS) is 13.8. The van der Waals surface area contributed by atoms with Crippen LogP contribution in [-0.4, -0.2) is 4.98 Å². The van der Waals surface area contributed by atoms with Crippen molar-refractivity contribution in [3.63, 3.8) is 0 Å². The molecule has 0 aliphatic heterocycles. The van der Waals surface area contributed by atoms with Gasteiger partial charge in [-0.05, 0) is 31.5 Å². The van der Waals surface area contributed by atoms with Gasteiger partial charge in [-0.15, -0.1) is 11.3 Å². The zero-order chi connectivity index (χ0) is 13.0. The molecule has 0 aliphatic rings. The van der Waals surface area contributed by atoms with E-state index < -0.39 is 0 Å². The van der Waals surface area contributed by atoms with Crippen LogP contribution < -0.4 is 5.32 Å². The Kier molecular flexibility index (Phi) is 4.08. The fraction of sp³-hybridized carbons (Fsp3) is 0.286. The quantitative estimate of drug-likeness (QED) is 0.913. The van der Waals surface area contributed by atoms with Crippen LogP contribution in [0.5, 0.6) is 0 Å². The first-order valence-corrected chi connectivity index (χ1v) is 6.79. The lowest BCUT2D eigenvalue weighted by Crippen LogP contribution is -2.22. The topological polar surface area (TPSA) is 48.7 Å². The number of rotatable bonds is 4. The van der Waals surface area contributed by atoms with E-state index in [1.807, 2.05) is 29.8 Å². The van der Waals surface area contributed by atoms with Crippen molar-refractivity contribution in [3.8, 4) is 6.07 Å². The van der Waals surface area contributed by atoms with E-state index >= 15 is 0 Å². The summed E-state index contributed by atoms with van der Waals surface area (Å²) in [4.78, 5) is 4.30. The van der Waals surface area contributed by atoms with E-state index in [1.165, 1.54) is 5.56 Å². The smallest absolute Gasteiger partial charge is 0.0991 e. The van der Waals surface area contributed by atoms with Crippen molar-refractivity contribution in [1.82, 2.24) is 10.3 Å². The molecule has 4 heteroatoms. The van der Waals surface area contributed by atoms with E-state index in [2.05, 4.69) is 35.6 Å². The Hall–Kier alpha value is -1.70. The highest BCUT2D eigenvalue weighted by Gasteiger charge is 2.12. The number of hydrogen-bond donors (Lipinski definition) is 1. The van der Waals surface area contributed by atoms with Crippen molar-refractivity contribution in [2.75, 3.05) is 0 Å². The van der Waals surface area contributed by atoms with Crippen LogP contribution in [0.4, 0.5) is 0 Å². The van der Waals surface area contributed by atoms with Gasteiger partial charge in [0.15, 0.2) is 0 Å². The summed E-state index contributed by atoms with van der Waals surface area (Å²) in [6, 6.07) is 10.3.